The van der Waals surface area contributed by atoms with E-state index in [-0.39, 0.29) is 41.9 Å². The molecule has 3 rings (SSSR count). The second-order valence-electron chi connectivity index (χ2n) is 6.74. The highest BCUT2D eigenvalue weighted by atomic mass is 35.5. The van der Waals surface area contributed by atoms with Gasteiger partial charge < -0.3 is 26.0 Å². The Labute approximate surface area is 176 Å². The molecule has 4 N–H and O–H groups in total. The molecule has 2 saturated heterocycles. The van der Waals surface area contributed by atoms with Gasteiger partial charge in [-0.15, -0.1) is 0 Å². The van der Waals surface area contributed by atoms with Crippen molar-refractivity contribution in [1.82, 2.24) is 25.8 Å². The predicted molar refractivity (Wildman–Crippen MR) is 103 cm³/mol. The van der Waals surface area contributed by atoms with Gasteiger partial charge in [-0.05, 0) is 24.6 Å². The number of rotatable bonds is 5. The largest absolute Gasteiger partial charge is 0.506 e. The van der Waals surface area contributed by atoms with E-state index in [9.17, 15) is 29.1 Å². The van der Waals surface area contributed by atoms with E-state index in [1.807, 2.05) is 0 Å². The molecule has 2 aliphatic heterocycles. The molecule has 1 aromatic carbocycles. The van der Waals surface area contributed by atoms with Crippen LogP contribution in [-0.4, -0.2) is 76.8 Å². The van der Waals surface area contributed by atoms with Crippen molar-refractivity contribution in [1.29, 1.82) is 0 Å². The van der Waals surface area contributed by atoms with Gasteiger partial charge in [0.25, 0.3) is 0 Å². The minimum atomic E-state index is -1.32. The summed E-state index contributed by atoms with van der Waals surface area (Å²) in [5.41, 5.74) is 0.217. The van der Waals surface area contributed by atoms with Crippen molar-refractivity contribution >= 4 is 41.3 Å². The van der Waals surface area contributed by atoms with E-state index in [0.29, 0.717) is 6.54 Å². The van der Waals surface area contributed by atoms with E-state index in [1.165, 1.54) is 23.1 Å². The molecule has 0 spiro atoms. The lowest BCUT2D eigenvalue weighted by atomic mass is 10.0. The van der Waals surface area contributed by atoms with Gasteiger partial charge in [-0.2, -0.15) is 0 Å². The first-order valence-electron chi connectivity index (χ1n) is 9.20. The molecule has 30 heavy (non-hydrogen) atoms. The van der Waals surface area contributed by atoms with Crippen LogP contribution in [-0.2, 0) is 19.2 Å². The summed E-state index contributed by atoms with van der Waals surface area (Å²) in [6.07, 6.45) is 0. The highest BCUT2D eigenvalue weighted by Gasteiger charge is 2.38. The summed E-state index contributed by atoms with van der Waals surface area (Å²) in [5, 5.41) is 17.0. The Bertz CT molecular complexity index is 922. The fourth-order valence-corrected chi connectivity index (χ4v) is 3.22. The van der Waals surface area contributed by atoms with Gasteiger partial charge in [0, 0.05) is 26.2 Å². The molecule has 2 fully saturated rings. The third kappa shape index (κ3) is 4.15. The SMILES string of the molecule is CCN1CCN(C(=O)NC(C(=O)NC2CNC2=O)c2ccc(O)c(Cl)c2)C(=O)C1=O. The van der Waals surface area contributed by atoms with Gasteiger partial charge in [-0.25, -0.2) is 4.79 Å². The third-order valence-corrected chi connectivity index (χ3v) is 5.19. The number of nitrogens with one attached hydrogen (secondary N) is 3. The van der Waals surface area contributed by atoms with Crippen LogP contribution in [0.25, 0.3) is 0 Å². The molecule has 0 radical (unpaired) electrons. The number of hydrogen-bond acceptors (Lipinski definition) is 6. The van der Waals surface area contributed by atoms with Crippen LogP contribution in [0.4, 0.5) is 4.79 Å². The van der Waals surface area contributed by atoms with E-state index < -0.39 is 35.8 Å². The molecule has 0 saturated carbocycles. The normalized spacial score (nSPS) is 19.7. The lowest BCUT2D eigenvalue weighted by Crippen LogP contribution is -2.63. The number of β-lactam (4-membered cyclic amide) rings is 1. The number of benzene rings is 1. The minimum Gasteiger partial charge on any atom is -0.506 e. The number of aromatic hydroxyl groups is 1. The van der Waals surface area contributed by atoms with Crippen molar-refractivity contribution in [2.75, 3.05) is 26.2 Å². The molecular weight excluding hydrogens is 418 g/mol. The molecule has 2 unspecified atom stereocenters. The summed E-state index contributed by atoms with van der Waals surface area (Å²) in [6.45, 7) is 2.44. The molecule has 0 aliphatic carbocycles. The van der Waals surface area contributed by atoms with Crippen LogP contribution in [0.15, 0.2) is 18.2 Å². The number of imide groups is 1. The Morgan fingerprint density at radius 1 is 1.27 bits per heavy atom. The Balaban J connectivity index is 1.81. The zero-order valence-corrected chi connectivity index (χ0v) is 16.7. The average molecular weight is 438 g/mol. The van der Waals surface area contributed by atoms with E-state index in [2.05, 4.69) is 16.0 Å². The number of urea groups is 1. The van der Waals surface area contributed by atoms with Gasteiger partial charge in [0.15, 0.2) is 0 Å². The maximum Gasteiger partial charge on any atom is 0.325 e. The first-order valence-corrected chi connectivity index (χ1v) is 9.58. The molecule has 2 heterocycles. The van der Waals surface area contributed by atoms with Crippen LogP contribution in [0.3, 0.4) is 0 Å². The molecule has 2 aliphatic rings. The van der Waals surface area contributed by atoms with Crippen molar-refractivity contribution in [3.63, 3.8) is 0 Å². The maximum absolute atomic E-state index is 12.8. The second-order valence-corrected chi connectivity index (χ2v) is 7.15. The Kier molecular flexibility index (Phi) is 6.11. The van der Waals surface area contributed by atoms with E-state index >= 15 is 0 Å². The lowest BCUT2D eigenvalue weighted by Gasteiger charge is -2.33. The number of carbonyl (C=O) groups excluding carboxylic acids is 5. The number of halogens is 1. The van der Waals surface area contributed by atoms with Crippen LogP contribution in [0.5, 0.6) is 5.75 Å². The highest BCUT2D eigenvalue weighted by molar-refractivity contribution is 6.38. The van der Waals surface area contributed by atoms with Gasteiger partial charge >= 0.3 is 17.8 Å². The van der Waals surface area contributed by atoms with Gasteiger partial charge in [0.2, 0.25) is 11.8 Å². The summed E-state index contributed by atoms with van der Waals surface area (Å²) in [4.78, 5) is 63.3. The Morgan fingerprint density at radius 3 is 2.57 bits per heavy atom. The van der Waals surface area contributed by atoms with Crippen LogP contribution < -0.4 is 16.0 Å². The molecule has 11 nitrogen and oxygen atoms in total. The molecule has 2 atom stereocenters. The van der Waals surface area contributed by atoms with Crippen molar-refractivity contribution in [2.24, 2.45) is 0 Å². The number of piperazine rings is 1. The van der Waals surface area contributed by atoms with Crippen molar-refractivity contribution < 1.29 is 29.1 Å². The number of carbonyl (C=O) groups is 5. The second kappa shape index (κ2) is 8.57. The number of phenols is 1. The first kappa shape index (κ1) is 21.4. The first-order chi connectivity index (χ1) is 14.2. The number of phenolic OH excluding ortho intramolecular Hbond substituents is 1. The number of nitrogens with zero attached hydrogens (tertiary/aromatic N) is 2. The van der Waals surface area contributed by atoms with Gasteiger partial charge in [-0.1, -0.05) is 17.7 Å². The van der Waals surface area contributed by atoms with Crippen molar-refractivity contribution in [3.8, 4) is 5.75 Å². The molecule has 0 bridgehead atoms. The molecule has 0 aromatic heterocycles. The smallest absolute Gasteiger partial charge is 0.325 e. The van der Waals surface area contributed by atoms with E-state index in [0.717, 1.165) is 4.90 Å². The Morgan fingerprint density at radius 2 is 2.00 bits per heavy atom. The van der Waals surface area contributed by atoms with Crippen LogP contribution in [0.1, 0.15) is 18.5 Å². The zero-order chi connectivity index (χ0) is 22.0. The van der Waals surface area contributed by atoms with Crippen LogP contribution >= 0.6 is 11.6 Å². The fourth-order valence-electron chi connectivity index (χ4n) is 3.03. The third-order valence-electron chi connectivity index (χ3n) is 4.88. The maximum atomic E-state index is 12.8. The van der Waals surface area contributed by atoms with Crippen LogP contribution in [0.2, 0.25) is 5.02 Å². The van der Waals surface area contributed by atoms with Gasteiger partial charge in [0.1, 0.15) is 17.8 Å². The number of hydrogen-bond donors (Lipinski definition) is 4. The van der Waals surface area contributed by atoms with E-state index in [1.54, 1.807) is 6.92 Å². The van der Waals surface area contributed by atoms with Crippen molar-refractivity contribution in [2.45, 2.75) is 19.0 Å². The molecule has 1 aromatic rings. The summed E-state index contributed by atoms with van der Waals surface area (Å²) in [7, 11) is 0. The predicted octanol–water partition coefficient (Wildman–Crippen LogP) is -0.898. The summed E-state index contributed by atoms with van der Waals surface area (Å²) < 4.78 is 0. The molecule has 6 amide bonds. The fraction of sp³-hybridized carbons (Fsp3) is 0.389. The monoisotopic (exact) mass is 437 g/mol. The highest BCUT2D eigenvalue weighted by Crippen LogP contribution is 2.27. The standard InChI is InChI=1S/C18H20ClN5O6/c1-2-23-5-6-24(17(29)16(23)28)18(30)22-13(9-3-4-12(25)10(19)7-9)15(27)21-11-8-20-14(11)26/h3-4,7,11,13,25H,2,5-6,8H2,1H3,(H,20,26)(H,21,27)(H,22,30). The Hall–Kier alpha value is -3.34. The average Bonchev–Trinajstić information content (AvgIpc) is 2.72. The summed E-state index contributed by atoms with van der Waals surface area (Å²) >= 11 is 5.92. The summed E-state index contributed by atoms with van der Waals surface area (Å²) in [6, 6.07) is 0.886. The number of likely N-dealkylation sites (N-methyl/N-ethyl adjacent to an activating group) is 1. The topological polar surface area (TPSA) is 148 Å². The van der Waals surface area contributed by atoms with Gasteiger partial charge in [-0.3, -0.25) is 24.1 Å². The van der Waals surface area contributed by atoms with Crippen molar-refractivity contribution in [3.05, 3.63) is 28.8 Å². The summed E-state index contributed by atoms with van der Waals surface area (Å²) in [5.74, 6) is -3.11. The minimum absolute atomic E-state index is 0.0278. The lowest BCUT2D eigenvalue weighted by molar-refractivity contribution is -0.153. The van der Waals surface area contributed by atoms with E-state index in [4.69, 9.17) is 11.6 Å². The molecular formula is C18H20ClN5O6. The number of amides is 6. The molecule has 160 valence electrons. The zero-order valence-electron chi connectivity index (χ0n) is 16.0. The molecule has 12 heteroatoms. The van der Waals surface area contributed by atoms with Gasteiger partial charge in [0.05, 0.1) is 5.02 Å². The van der Waals surface area contributed by atoms with Crippen LogP contribution in [0, 0.1) is 0 Å². The quantitative estimate of drug-likeness (QED) is 0.346.